The summed E-state index contributed by atoms with van der Waals surface area (Å²) >= 11 is 1.07. The lowest BCUT2D eigenvalue weighted by Crippen LogP contribution is -2.40. The van der Waals surface area contributed by atoms with Gasteiger partial charge in [-0.2, -0.15) is 17.5 Å². The molecule has 4 aromatic rings. The highest BCUT2D eigenvalue weighted by Crippen LogP contribution is 2.31. The lowest BCUT2D eigenvalue weighted by Gasteiger charge is -2.26. The van der Waals surface area contributed by atoms with Crippen molar-refractivity contribution in [2.24, 2.45) is 0 Å². The maximum atomic E-state index is 13.3. The zero-order valence-electron chi connectivity index (χ0n) is 22.1. The topological polar surface area (TPSA) is 106 Å². The Hall–Kier alpha value is -3.72. The van der Waals surface area contributed by atoms with E-state index >= 15 is 0 Å². The number of aromatic nitrogens is 3. The highest BCUT2D eigenvalue weighted by Gasteiger charge is 2.31. The molecule has 220 valence electrons. The van der Waals surface area contributed by atoms with E-state index in [0.29, 0.717) is 36.3 Å². The molecule has 0 saturated carbocycles. The van der Waals surface area contributed by atoms with E-state index in [2.05, 4.69) is 15.5 Å². The van der Waals surface area contributed by atoms with Gasteiger partial charge in [-0.3, -0.25) is 9.36 Å². The highest BCUT2D eigenvalue weighted by atomic mass is 32.2. The molecule has 1 fully saturated rings. The van der Waals surface area contributed by atoms with Gasteiger partial charge >= 0.3 is 6.18 Å². The van der Waals surface area contributed by atoms with Crippen molar-refractivity contribution in [2.45, 2.75) is 22.8 Å². The molecule has 1 amide bonds. The van der Waals surface area contributed by atoms with Crippen LogP contribution in [0, 0.1) is 0 Å². The Morgan fingerprint density at radius 3 is 2.43 bits per heavy atom. The van der Waals surface area contributed by atoms with Crippen molar-refractivity contribution < 1.29 is 31.1 Å². The van der Waals surface area contributed by atoms with Gasteiger partial charge in [-0.05, 0) is 35.9 Å². The molecule has 42 heavy (non-hydrogen) atoms. The summed E-state index contributed by atoms with van der Waals surface area (Å²) in [6.45, 7) is 1.51. The van der Waals surface area contributed by atoms with Crippen LogP contribution in [0.2, 0.25) is 0 Å². The Balaban J connectivity index is 1.39. The number of nitrogens with one attached hydrogen (secondary N) is 1. The van der Waals surface area contributed by atoms with Crippen LogP contribution in [0.4, 0.5) is 18.9 Å². The second-order valence-electron chi connectivity index (χ2n) is 9.34. The number of amides is 1. The third kappa shape index (κ3) is 7.01. The predicted molar refractivity (Wildman–Crippen MR) is 151 cm³/mol. The zero-order valence-corrected chi connectivity index (χ0v) is 23.8. The number of anilines is 1. The first-order chi connectivity index (χ1) is 20.1. The van der Waals surface area contributed by atoms with Crippen LogP contribution in [0.1, 0.15) is 11.1 Å². The van der Waals surface area contributed by atoms with Crippen LogP contribution < -0.4 is 5.32 Å². The fourth-order valence-electron chi connectivity index (χ4n) is 4.35. The van der Waals surface area contributed by atoms with Crippen molar-refractivity contribution in [3.8, 4) is 11.4 Å². The number of halogens is 3. The molecule has 1 aliphatic rings. The standard InChI is InChI=1S/C28H26F3N5O4S2/c29-28(30,31)22-9-5-10-23(17-22)32-25(37)19-41-27-34-33-26(36(27)18-20-6-2-1-3-7-20)21-8-4-11-24(16-21)42(38,39)35-12-14-40-15-13-35/h1-11,16-17H,12-15,18-19H2,(H,32,37). The molecule has 0 atom stereocenters. The first-order valence-corrected chi connectivity index (χ1v) is 15.3. The lowest BCUT2D eigenvalue weighted by molar-refractivity contribution is -0.137. The monoisotopic (exact) mass is 617 g/mol. The van der Waals surface area contributed by atoms with E-state index in [1.54, 1.807) is 22.8 Å². The number of carbonyl (C=O) groups excluding carboxylic acids is 1. The maximum Gasteiger partial charge on any atom is 0.416 e. The van der Waals surface area contributed by atoms with Crippen LogP contribution in [0.5, 0.6) is 0 Å². The number of hydrogen-bond acceptors (Lipinski definition) is 7. The fraction of sp³-hybridized carbons (Fsp3) is 0.250. The van der Waals surface area contributed by atoms with Gasteiger partial charge in [0.15, 0.2) is 11.0 Å². The molecule has 14 heteroatoms. The molecule has 1 aliphatic heterocycles. The number of morpholine rings is 1. The number of rotatable bonds is 9. The van der Waals surface area contributed by atoms with Gasteiger partial charge in [-0.15, -0.1) is 10.2 Å². The molecule has 5 rings (SSSR count). The smallest absolute Gasteiger partial charge is 0.379 e. The van der Waals surface area contributed by atoms with Gasteiger partial charge in [-0.25, -0.2) is 8.42 Å². The Labute approximate surface area is 244 Å². The largest absolute Gasteiger partial charge is 0.416 e. The molecule has 0 bridgehead atoms. The van der Waals surface area contributed by atoms with Gasteiger partial charge in [-0.1, -0.05) is 60.3 Å². The Kier molecular flexibility index (Phi) is 8.96. The van der Waals surface area contributed by atoms with Crippen molar-refractivity contribution in [1.82, 2.24) is 19.1 Å². The van der Waals surface area contributed by atoms with Gasteiger partial charge in [0.05, 0.1) is 36.0 Å². The number of sulfonamides is 1. The summed E-state index contributed by atoms with van der Waals surface area (Å²) in [5, 5.41) is 11.5. The molecule has 9 nitrogen and oxygen atoms in total. The normalized spacial score (nSPS) is 14.5. The van der Waals surface area contributed by atoms with Gasteiger partial charge < -0.3 is 10.1 Å². The number of ether oxygens (including phenoxy) is 1. The number of nitrogens with zero attached hydrogens (tertiary/aromatic N) is 4. The molecule has 0 radical (unpaired) electrons. The average molecular weight is 618 g/mol. The van der Waals surface area contributed by atoms with Gasteiger partial charge in [0, 0.05) is 24.3 Å². The number of carbonyl (C=O) groups is 1. The van der Waals surface area contributed by atoms with E-state index in [1.165, 1.54) is 22.5 Å². The molecule has 2 heterocycles. The van der Waals surface area contributed by atoms with Gasteiger partial charge in [0.2, 0.25) is 15.9 Å². The summed E-state index contributed by atoms with van der Waals surface area (Å²) in [5.41, 5.74) is 0.608. The Morgan fingerprint density at radius 1 is 0.952 bits per heavy atom. The molecule has 3 aromatic carbocycles. The molecular weight excluding hydrogens is 591 g/mol. The summed E-state index contributed by atoms with van der Waals surface area (Å²) in [7, 11) is -3.75. The van der Waals surface area contributed by atoms with Gasteiger partial charge in [0.1, 0.15) is 0 Å². The molecule has 1 N–H and O–H groups in total. The molecule has 1 saturated heterocycles. The lowest BCUT2D eigenvalue weighted by atomic mass is 10.2. The summed E-state index contributed by atoms with van der Waals surface area (Å²) < 4.78 is 74.1. The second-order valence-corrected chi connectivity index (χ2v) is 12.2. The van der Waals surface area contributed by atoms with E-state index in [-0.39, 0.29) is 29.4 Å². The summed E-state index contributed by atoms with van der Waals surface area (Å²) in [4.78, 5) is 12.8. The summed E-state index contributed by atoms with van der Waals surface area (Å²) in [5.74, 6) is -0.262. The Morgan fingerprint density at radius 2 is 1.69 bits per heavy atom. The van der Waals surface area contributed by atoms with Crippen molar-refractivity contribution in [2.75, 3.05) is 37.4 Å². The van der Waals surface area contributed by atoms with Crippen LogP contribution in [-0.2, 0) is 32.3 Å². The quantitative estimate of drug-likeness (QED) is 0.270. The van der Waals surface area contributed by atoms with E-state index in [4.69, 9.17) is 4.74 Å². The van der Waals surface area contributed by atoms with Crippen molar-refractivity contribution in [3.05, 3.63) is 90.0 Å². The van der Waals surface area contributed by atoms with E-state index < -0.39 is 27.7 Å². The van der Waals surface area contributed by atoms with Crippen LogP contribution >= 0.6 is 11.8 Å². The van der Waals surface area contributed by atoms with Crippen molar-refractivity contribution in [1.29, 1.82) is 0 Å². The highest BCUT2D eigenvalue weighted by molar-refractivity contribution is 7.99. The number of benzene rings is 3. The molecular formula is C28H26F3N5O4S2. The van der Waals surface area contributed by atoms with Gasteiger partial charge in [0.25, 0.3) is 0 Å². The molecule has 0 spiro atoms. The van der Waals surface area contributed by atoms with Crippen LogP contribution in [0.25, 0.3) is 11.4 Å². The Bertz CT molecular complexity index is 1660. The second kappa shape index (κ2) is 12.7. The minimum Gasteiger partial charge on any atom is -0.379 e. The summed E-state index contributed by atoms with van der Waals surface area (Å²) in [6.07, 6.45) is -4.53. The van der Waals surface area contributed by atoms with E-state index in [1.807, 2.05) is 30.3 Å². The zero-order chi connectivity index (χ0) is 29.7. The first kappa shape index (κ1) is 29.8. The summed E-state index contributed by atoms with van der Waals surface area (Å²) in [6, 6.07) is 20.3. The molecule has 1 aromatic heterocycles. The molecule has 0 unspecified atom stereocenters. The van der Waals surface area contributed by atoms with E-state index in [0.717, 1.165) is 29.5 Å². The SMILES string of the molecule is O=C(CSc1nnc(-c2cccc(S(=O)(=O)N3CCOCC3)c2)n1Cc1ccccc1)Nc1cccc(C(F)(F)F)c1. The predicted octanol–water partition coefficient (Wildman–Crippen LogP) is 4.76. The van der Waals surface area contributed by atoms with Crippen molar-refractivity contribution in [3.63, 3.8) is 0 Å². The maximum absolute atomic E-state index is 13.3. The van der Waals surface area contributed by atoms with E-state index in [9.17, 15) is 26.4 Å². The fourth-order valence-corrected chi connectivity index (χ4v) is 6.54. The third-order valence-electron chi connectivity index (χ3n) is 6.41. The number of thioether (sulfide) groups is 1. The first-order valence-electron chi connectivity index (χ1n) is 12.9. The van der Waals surface area contributed by atoms with Crippen LogP contribution in [0.3, 0.4) is 0 Å². The van der Waals surface area contributed by atoms with Crippen molar-refractivity contribution >= 4 is 33.4 Å². The minimum absolute atomic E-state index is 0.0279. The van der Waals surface area contributed by atoms with Crippen LogP contribution in [-0.4, -0.2) is 65.5 Å². The number of hydrogen-bond donors (Lipinski definition) is 1. The average Bonchev–Trinajstić information content (AvgIpc) is 3.39. The minimum atomic E-state index is -4.53. The molecule has 0 aliphatic carbocycles. The van der Waals surface area contributed by atoms with Crippen LogP contribution in [0.15, 0.2) is 88.9 Å². The number of alkyl halides is 3. The third-order valence-corrected chi connectivity index (χ3v) is 9.27.